The minimum atomic E-state index is -0.776. The van der Waals surface area contributed by atoms with Gasteiger partial charge in [0.15, 0.2) is 6.10 Å². The summed E-state index contributed by atoms with van der Waals surface area (Å²) in [5, 5.41) is 0. The Balaban J connectivity index is 4.19. The van der Waals surface area contributed by atoms with Crippen molar-refractivity contribution in [2.75, 3.05) is 13.2 Å². The Morgan fingerprint density at radius 1 is 0.309 bits per heavy atom. The molecular formula is C62H106O6. The smallest absolute Gasteiger partial charge is 0.306 e. The summed E-state index contributed by atoms with van der Waals surface area (Å²) in [6, 6.07) is 0. The summed E-state index contributed by atoms with van der Waals surface area (Å²) >= 11 is 0. The van der Waals surface area contributed by atoms with E-state index in [9.17, 15) is 14.4 Å². The Kier molecular flexibility index (Phi) is 53.4. The third-order valence-corrected chi connectivity index (χ3v) is 12.2. The van der Waals surface area contributed by atoms with E-state index in [4.69, 9.17) is 14.2 Å². The number of hydrogen-bond acceptors (Lipinski definition) is 6. The van der Waals surface area contributed by atoms with Gasteiger partial charge in [-0.15, -0.1) is 0 Å². The van der Waals surface area contributed by atoms with Gasteiger partial charge in [0.2, 0.25) is 0 Å². The Bertz CT molecular complexity index is 1320. The second-order valence-electron chi connectivity index (χ2n) is 18.8. The zero-order chi connectivity index (χ0) is 49.3. The fourth-order valence-electron chi connectivity index (χ4n) is 7.89. The van der Waals surface area contributed by atoms with E-state index in [1.54, 1.807) is 0 Å². The first-order valence-corrected chi connectivity index (χ1v) is 28.6. The Morgan fingerprint density at radius 3 is 0.897 bits per heavy atom. The van der Waals surface area contributed by atoms with Crippen LogP contribution in [0.25, 0.3) is 0 Å². The predicted octanol–water partition coefficient (Wildman–Crippen LogP) is 19.2. The molecule has 6 heteroatoms. The number of esters is 3. The fraction of sp³-hybridized carbons (Fsp3) is 0.726. The van der Waals surface area contributed by atoms with Crippen LogP contribution < -0.4 is 0 Å². The minimum absolute atomic E-state index is 0.0766. The van der Waals surface area contributed by atoms with E-state index in [0.29, 0.717) is 19.3 Å². The van der Waals surface area contributed by atoms with Crippen LogP contribution in [0, 0.1) is 0 Å². The molecule has 0 bridgehead atoms. The lowest BCUT2D eigenvalue weighted by Crippen LogP contribution is -2.30. The number of allylic oxidation sites excluding steroid dienone is 14. The fourth-order valence-corrected chi connectivity index (χ4v) is 7.89. The quantitative estimate of drug-likeness (QED) is 0.0262. The third-order valence-electron chi connectivity index (χ3n) is 12.2. The van der Waals surface area contributed by atoms with E-state index < -0.39 is 6.10 Å². The molecule has 1 unspecified atom stereocenters. The van der Waals surface area contributed by atoms with E-state index in [-0.39, 0.29) is 31.1 Å². The Morgan fingerprint density at radius 2 is 0.574 bits per heavy atom. The van der Waals surface area contributed by atoms with Crippen molar-refractivity contribution in [1.29, 1.82) is 0 Å². The Labute approximate surface area is 420 Å². The molecule has 0 aromatic rings. The van der Waals surface area contributed by atoms with Gasteiger partial charge in [-0.25, -0.2) is 0 Å². The summed E-state index contributed by atoms with van der Waals surface area (Å²) in [6.45, 7) is 6.49. The van der Waals surface area contributed by atoms with Gasteiger partial charge in [0.25, 0.3) is 0 Å². The third kappa shape index (κ3) is 53.5. The summed E-state index contributed by atoms with van der Waals surface area (Å²) in [7, 11) is 0. The highest BCUT2D eigenvalue weighted by Gasteiger charge is 2.19. The van der Waals surface area contributed by atoms with Crippen molar-refractivity contribution in [2.45, 2.75) is 277 Å². The number of rotatable bonds is 51. The van der Waals surface area contributed by atoms with Crippen LogP contribution in [0.2, 0.25) is 0 Å². The van der Waals surface area contributed by atoms with Gasteiger partial charge in [-0.1, -0.05) is 260 Å². The predicted molar refractivity (Wildman–Crippen MR) is 293 cm³/mol. The van der Waals surface area contributed by atoms with Gasteiger partial charge in [0, 0.05) is 19.3 Å². The number of carbonyl (C=O) groups is 3. The topological polar surface area (TPSA) is 78.9 Å². The highest BCUT2D eigenvalue weighted by Crippen LogP contribution is 2.15. The summed E-state index contributed by atoms with van der Waals surface area (Å²) in [6.07, 6.45) is 73.0. The second-order valence-corrected chi connectivity index (χ2v) is 18.8. The molecule has 0 heterocycles. The number of carbonyl (C=O) groups excluding carboxylic acids is 3. The molecule has 0 aliphatic heterocycles. The first-order valence-electron chi connectivity index (χ1n) is 28.6. The molecule has 390 valence electrons. The molecule has 0 saturated heterocycles. The van der Waals surface area contributed by atoms with Crippen molar-refractivity contribution in [3.63, 3.8) is 0 Å². The van der Waals surface area contributed by atoms with Crippen LogP contribution in [-0.2, 0) is 28.6 Å². The lowest BCUT2D eigenvalue weighted by atomic mass is 10.0. The van der Waals surface area contributed by atoms with E-state index in [2.05, 4.69) is 106 Å². The van der Waals surface area contributed by atoms with Crippen molar-refractivity contribution in [3.8, 4) is 0 Å². The van der Waals surface area contributed by atoms with Gasteiger partial charge in [0.05, 0.1) is 0 Å². The second kappa shape index (κ2) is 56.2. The molecule has 0 saturated carbocycles. The van der Waals surface area contributed by atoms with E-state index in [1.165, 1.54) is 122 Å². The van der Waals surface area contributed by atoms with E-state index in [0.717, 1.165) is 109 Å². The normalized spacial score (nSPS) is 12.7. The van der Waals surface area contributed by atoms with Crippen LogP contribution >= 0.6 is 0 Å². The highest BCUT2D eigenvalue weighted by atomic mass is 16.6. The molecule has 0 spiro atoms. The summed E-state index contributed by atoms with van der Waals surface area (Å²) in [4.78, 5) is 37.9. The largest absolute Gasteiger partial charge is 0.462 e. The van der Waals surface area contributed by atoms with Crippen molar-refractivity contribution in [1.82, 2.24) is 0 Å². The molecule has 0 aromatic carbocycles. The van der Waals surface area contributed by atoms with Gasteiger partial charge in [-0.05, 0) is 77.0 Å². The number of unbranched alkanes of at least 4 members (excludes halogenated alkanes) is 26. The van der Waals surface area contributed by atoms with Gasteiger partial charge in [-0.3, -0.25) is 14.4 Å². The highest BCUT2D eigenvalue weighted by molar-refractivity contribution is 5.71. The Hall–Kier alpha value is -3.41. The average Bonchev–Trinajstić information content (AvgIpc) is 3.34. The molecule has 6 nitrogen and oxygen atoms in total. The molecule has 0 amide bonds. The minimum Gasteiger partial charge on any atom is -0.462 e. The standard InChI is InChI=1S/C62H106O6/c1-4-7-10-13-16-19-21-23-24-25-26-27-28-29-30-31-32-33-34-35-36-37-38-40-41-43-46-49-52-55-61(64)67-58-59(57-66-60(63)54-51-48-45-18-15-12-9-6-3)68-62(65)56-53-50-47-44-42-39-22-20-17-14-11-8-5-2/h7,10,16,19,23-24,26-27,29-30,32-33,35-36,59H,4-6,8-9,11-15,17-18,20-22,25,28,31,34,37-58H2,1-3H3/b10-7-,19-16-,24-23-,27-26-,30-29-,33-32-,36-35-. The molecule has 0 rings (SSSR count). The zero-order valence-corrected chi connectivity index (χ0v) is 44.6. The van der Waals surface area contributed by atoms with E-state index in [1.807, 2.05) is 0 Å². The number of hydrogen-bond donors (Lipinski definition) is 0. The van der Waals surface area contributed by atoms with Gasteiger partial charge >= 0.3 is 17.9 Å². The molecule has 0 radical (unpaired) electrons. The molecular weight excluding hydrogens is 841 g/mol. The summed E-state index contributed by atoms with van der Waals surface area (Å²) in [5.41, 5.74) is 0. The molecule has 68 heavy (non-hydrogen) atoms. The lowest BCUT2D eigenvalue weighted by molar-refractivity contribution is -0.167. The molecule has 1 atom stereocenters. The van der Waals surface area contributed by atoms with Gasteiger partial charge < -0.3 is 14.2 Å². The molecule has 0 fully saturated rings. The van der Waals surface area contributed by atoms with E-state index >= 15 is 0 Å². The molecule has 0 N–H and O–H groups in total. The molecule has 0 aliphatic rings. The average molecular weight is 948 g/mol. The first kappa shape index (κ1) is 64.6. The van der Waals surface area contributed by atoms with Crippen LogP contribution in [0.15, 0.2) is 85.1 Å². The molecule has 0 aromatic heterocycles. The SMILES string of the molecule is CC/C=C\C/C=C\C/C=C\C/C=C\C/C=C\C/C=C\C/C=C\CCCCCCCCCC(=O)OCC(COC(=O)CCCCCCCCCC)OC(=O)CCCCCCCCCCCCCCC. The van der Waals surface area contributed by atoms with Gasteiger partial charge in [0.1, 0.15) is 13.2 Å². The molecule has 0 aliphatic carbocycles. The van der Waals surface area contributed by atoms with Crippen molar-refractivity contribution < 1.29 is 28.6 Å². The monoisotopic (exact) mass is 947 g/mol. The van der Waals surface area contributed by atoms with Crippen molar-refractivity contribution >= 4 is 17.9 Å². The maximum absolute atomic E-state index is 12.8. The zero-order valence-electron chi connectivity index (χ0n) is 44.6. The van der Waals surface area contributed by atoms with Crippen LogP contribution in [0.5, 0.6) is 0 Å². The first-order chi connectivity index (χ1) is 33.5. The summed E-state index contributed by atoms with van der Waals surface area (Å²) < 4.78 is 16.8. The van der Waals surface area contributed by atoms with Crippen molar-refractivity contribution in [2.24, 2.45) is 0 Å². The van der Waals surface area contributed by atoms with Crippen LogP contribution in [0.3, 0.4) is 0 Å². The van der Waals surface area contributed by atoms with Crippen LogP contribution in [-0.4, -0.2) is 37.2 Å². The maximum Gasteiger partial charge on any atom is 0.306 e. The van der Waals surface area contributed by atoms with Crippen LogP contribution in [0.4, 0.5) is 0 Å². The lowest BCUT2D eigenvalue weighted by Gasteiger charge is -2.18. The summed E-state index contributed by atoms with van der Waals surface area (Å²) in [5.74, 6) is -0.887. The van der Waals surface area contributed by atoms with Crippen LogP contribution in [0.1, 0.15) is 271 Å². The number of ether oxygens (including phenoxy) is 3. The van der Waals surface area contributed by atoms with Gasteiger partial charge in [-0.2, -0.15) is 0 Å². The van der Waals surface area contributed by atoms with Crippen molar-refractivity contribution in [3.05, 3.63) is 85.1 Å². The maximum atomic E-state index is 12.8.